The molecule has 0 unspecified atom stereocenters. The zero-order valence-electron chi connectivity index (χ0n) is 19.3. The molecule has 0 saturated heterocycles. The van der Waals surface area contributed by atoms with Crippen LogP contribution in [-0.2, 0) is 33.6 Å². The number of carboxylic acids is 3. The van der Waals surface area contributed by atoms with E-state index in [1.165, 1.54) is 13.1 Å². The summed E-state index contributed by atoms with van der Waals surface area (Å²) in [5, 5.41) is 31.3. The number of carboxylic acid groups (broad SMARTS) is 3. The standard InChI is InChI=1S/C15H18O6.C8H19N/c1-7-10(4-13(16)17)8(2)12(6-15(20)21)9(3)11(7)5-14(18)19;1-7(2)5-9-6-8(3)4/h4-6H2,1-3H3,(H,16,17)(H,18,19)(H,20,21);7-9H,5-6H2,1-4H3. The molecule has 0 bridgehead atoms. The summed E-state index contributed by atoms with van der Waals surface area (Å²) < 4.78 is 0. The van der Waals surface area contributed by atoms with Crippen molar-refractivity contribution in [1.82, 2.24) is 0 Å². The van der Waals surface area contributed by atoms with Crippen LogP contribution in [0.15, 0.2) is 0 Å². The van der Waals surface area contributed by atoms with Crippen molar-refractivity contribution >= 4 is 17.9 Å². The molecule has 0 atom stereocenters. The van der Waals surface area contributed by atoms with E-state index in [1.807, 2.05) is 0 Å². The maximum absolute atomic E-state index is 11.0. The number of hydrogen-bond acceptors (Lipinski definition) is 4. The van der Waals surface area contributed by atoms with Crippen LogP contribution in [0.1, 0.15) is 61.1 Å². The van der Waals surface area contributed by atoms with Crippen LogP contribution in [0.5, 0.6) is 0 Å². The lowest BCUT2D eigenvalue weighted by Gasteiger charge is -2.21. The van der Waals surface area contributed by atoms with Gasteiger partial charge in [-0.2, -0.15) is 0 Å². The molecule has 0 aliphatic heterocycles. The summed E-state index contributed by atoms with van der Waals surface area (Å²) in [6, 6.07) is 0. The highest BCUT2D eigenvalue weighted by molar-refractivity contribution is 5.77. The van der Waals surface area contributed by atoms with Gasteiger partial charge in [-0.3, -0.25) is 9.59 Å². The highest BCUT2D eigenvalue weighted by Crippen LogP contribution is 2.28. The molecule has 4 N–H and O–H groups in total. The Kier molecular flexibility index (Phi) is 12.0. The lowest BCUT2D eigenvalue weighted by atomic mass is 9.84. The molecule has 0 amide bonds. The van der Waals surface area contributed by atoms with Gasteiger partial charge in [0.15, 0.2) is 0 Å². The minimum absolute atomic E-state index is 0.273. The fourth-order valence-electron chi connectivity index (χ4n) is 3.40. The lowest BCUT2D eigenvalue weighted by molar-refractivity contribution is -0.664. The number of benzene rings is 1. The fourth-order valence-corrected chi connectivity index (χ4v) is 3.40. The minimum Gasteiger partial charge on any atom is -0.550 e. The quantitative estimate of drug-likeness (QED) is 0.515. The smallest absolute Gasteiger partial charge is 0.307 e. The first-order chi connectivity index (χ1) is 13.8. The van der Waals surface area contributed by atoms with Crippen LogP contribution in [0.4, 0.5) is 0 Å². The lowest BCUT2D eigenvalue weighted by Crippen LogP contribution is -2.86. The Balaban J connectivity index is 0.000000787. The molecule has 1 aromatic rings. The number of nitrogens with two attached hydrogens (primary N) is 1. The number of carbonyl (C=O) groups is 3. The minimum atomic E-state index is -1.28. The van der Waals surface area contributed by atoms with Crippen molar-refractivity contribution in [2.24, 2.45) is 11.8 Å². The Labute approximate surface area is 179 Å². The van der Waals surface area contributed by atoms with Gasteiger partial charge in [0.05, 0.1) is 25.9 Å². The number of aliphatic carboxylic acids is 3. The summed E-state index contributed by atoms with van der Waals surface area (Å²) in [6.45, 7) is 16.6. The molecule has 1 rings (SSSR count). The summed E-state index contributed by atoms with van der Waals surface area (Å²) in [5.74, 6) is -1.71. The zero-order chi connectivity index (χ0) is 23.6. The van der Waals surface area contributed by atoms with E-state index < -0.39 is 17.9 Å². The van der Waals surface area contributed by atoms with Crippen LogP contribution in [0.3, 0.4) is 0 Å². The molecule has 0 spiro atoms. The summed E-state index contributed by atoms with van der Waals surface area (Å²) in [6.07, 6.45) is -0.910. The van der Waals surface area contributed by atoms with E-state index in [-0.39, 0.29) is 19.3 Å². The van der Waals surface area contributed by atoms with E-state index in [2.05, 4.69) is 33.0 Å². The monoisotopic (exact) mass is 423 g/mol. The third-order valence-electron chi connectivity index (χ3n) is 4.97. The number of hydrogen-bond donors (Lipinski definition) is 3. The average molecular weight is 424 g/mol. The van der Waals surface area contributed by atoms with E-state index in [1.54, 1.807) is 20.8 Å². The molecule has 0 radical (unpaired) electrons. The molecular formula is C23H37NO6. The highest BCUT2D eigenvalue weighted by atomic mass is 16.4. The summed E-state index contributed by atoms with van der Waals surface area (Å²) >= 11 is 0. The van der Waals surface area contributed by atoms with Gasteiger partial charge in [-0.1, -0.05) is 27.7 Å². The topological polar surface area (TPSA) is 131 Å². The Bertz CT molecular complexity index is 638. The van der Waals surface area contributed by atoms with Crippen LogP contribution in [-0.4, -0.2) is 41.2 Å². The summed E-state index contributed by atoms with van der Waals surface area (Å²) in [5.41, 5.74) is 3.13. The Morgan fingerprint density at radius 1 is 0.733 bits per heavy atom. The predicted molar refractivity (Wildman–Crippen MR) is 113 cm³/mol. The molecule has 0 aromatic heterocycles. The van der Waals surface area contributed by atoms with Crippen LogP contribution >= 0.6 is 0 Å². The van der Waals surface area contributed by atoms with E-state index in [0.29, 0.717) is 33.4 Å². The van der Waals surface area contributed by atoms with Crippen molar-refractivity contribution in [3.05, 3.63) is 33.4 Å². The molecule has 1 aromatic carbocycles. The van der Waals surface area contributed by atoms with Crippen LogP contribution in [0.25, 0.3) is 0 Å². The van der Waals surface area contributed by atoms with E-state index in [0.717, 1.165) is 11.8 Å². The molecule has 0 saturated carbocycles. The second kappa shape index (κ2) is 13.0. The molecule has 170 valence electrons. The zero-order valence-corrected chi connectivity index (χ0v) is 19.3. The first-order valence-corrected chi connectivity index (χ1v) is 10.3. The largest absolute Gasteiger partial charge is 0.550 e. The van der Waals surface area contributed by atoms with Crippen molar-refractivity contribution in [3.63, 3.8) is 0 Å². The first-order valence-electron chi connectivity index (χ1n) is 10.3. The van der Waals surface area contributed by atoms with Crippen LogP contribution in [0.2, 0.25) is 0 Å². The van der Waals surface area contributed by atoms with Gasteiger partial charge >= 0.3 is 11.9 Å². The van der Waals surface area contributed by atoms with Crippen LogP contribution in [0, 0.1) is 32.6 Å². The fraction of sp³-hybridized carbons (Fsp3) is 0.609. The molecule has 30 heavy (non-hydrogen) atoms. The normalized spacial score (nSPS) is 10.7. The van der Waals surface area contributed by atoms with E-state index in [9.17, 15) is 19.5 Å². The predicted octanol–water partition coefficient (Wildman–Crippen LogP) is 1.02. The maximum Gasteiger partial charge on any atom is 0.307 e. The molecular weight excluding hydrogens is 386 g/mol. The van der Waals surface area contributed by atoms with Gasteiger partial charge in [-0.25, -0.2) is 0 Å². The molecule has 0 aliphatic rings. The Morgan fingerprint density at radius 3 is 1.27 bits per heavy atom. The molecule has 0 heterocycles. The molecule has 0 fully saturated rings. The second-order valence-corrected chi connectivity index (χ2v) is 8.55. The van der Waals surface area contributed by atoms with E-state index in [4.69, 9.17) is 10.2 Å². The van der Waals surface area contributed by atoms with Gasteiger partial charge in [-0.05, 0) is 54.2 Å². The number of quaternary nitrogens is 1. The van der Waals surface area contributed by atoms with Gasteiger partial charge in [0.2, 0.25) is 0 Å². The second-order valence-electron chi connectivity index (χ2n) is 8.55. The number of rotatable bonds is 10. The van der Waals surface area contributed by atoms with Gasteiger partial charge in [0, 0.05) is 24.2 Å². The van der Waals surface area contributed by atoms with Crippen LogP contribution < -0.4 is 10.4 Å². The average Bonchev–Trinajstić information content (AvgIpc) is 2.59. The Hall–Kier alpha value is -2.41. The van der Waals surface area contributed by atoms with Crippen molar-refractivity contribution in [1.29, 1.82) is 0 Å². The number of carbonyl (C=O) groups excluding carboxylic acids is 1. The summed E-state index contributed by atoms with van der Waals surface area (Å²) in [7, 11) is 0. The maximum atomic E-state index is 11.0. The van der Waals surface area contributed by atoms with Crippen molar-refractivity contribution in [3.8, 4) is 0 Å². The third-order valence-corrected chi connectivity index (χ3v) is 4.97. The molecule has 7 nitrogen and oxygen atoms in total. The highest BCUT2D eigenvalue weighted by Gasteiger charge is 2.20. The van der Waals surface area contributed by atoms with Gasteiger partial charge < -0.3 is 25.4 Å². The van der Waals surface area contributed by atoms with Crippen molar-refractivity contribution in [2.45, 2.75) is 67.7 Å². The Morgan fingerprint density at radius 2 is 1.03 bits per heavy atom. The first kappa shape index (κ1) is 27.6. The van der Waals surface area contributed by atoms with Gasteiger partial charge in [0.1, 0.15) is 0 Å². The van der Waals surface area contributed by atoms with Crippen molar-refractivity contribution in [2.75, 3.05) is 13.1 Å². The van der Waals surface area contributed by atoms with E-state index >= 15 is 0 Å². The molecule has 0 aliphatic carbocycles. The van der Waals surface area contributed by atoms with Gasteiger partial charge in [-0.15, -0.1) is 0 Å². The van der Waals surface area contributed by atoms with Crippen molar-refractivity contribution < 1.29 is 35.0 Å². The van der Waals surface area contributed by atoms with Gasteiger partial charge in [0.25, 0.3) is 0 Å². The SMILES string of the molecule is CC(C)C[NH2+]CC(C)C.Cc1c(CC(=O)[O-])c(C)c(CC(=O)O)c(C)c1CC(=O)O. The third kappa shape index (κ3) is 9.87. The molecule has 7 heteroatoms. The summed E-state index contributed by atoms with van der Waals surface area (Å²) in [4.78, 5) is 32.8.